The van der Waals surface area contributed by atoms with Crippen molar-refractivity contribution in [3.63, 3.8) is 0 Å². The minimum atomic E-state index is -0.176. The molecular formula is C10H9N3OS2. The highest BCUT2D eigenvalue weighted by molar-refractivity contribution is 8.26. The van der Waals surface area contributed by atoms with Crippen LogP contribution in [-0.4, -0.2) is 10.2 Å². The fourth-order valence-corrected chi connectivity index (χ4v) is 2.30. The Morgan fingerprint density at radius 1 is 1.31 bits per heavy atom. The average Bonchev–Trinajstić information content (AvgIpc) is 2.51. The number of hydrogen-bond donors (Lipinski definition) is 3. The predicted octanol–water partition coefficient (Wildman–Crippen LogP) is 1.34. The van der Waals surface area contributed by atoms with Crippen LogP contribution in [0.1, 0.15) is 5.56 Å². The van der Waals surface area contributed by atoms with Crippen LogP contribution in [0.15, 0.2) is 23.1 Å². The van der Waals surface area contributed by atoms with E-state index in [0.717, 1.165) is 5.56 Å². The molecule has 1 fully saturated rings. The number of amides is 1. The molecule has 1 aliphatic rings. The first kappa shape index (κ1) is 11.0. The quantitative estimate of drug-likeness (QED) is 0.399. The zero-order chi connectivity index (χ0) is 11.7. The number of nitrogens with two attached hydrogens (primary N) is 2. The van der Waals surface area contributed by atoms with Gasteiger partial charge in [0.25, 0.3) is 5.91 Å². The third-order valence-electron chi connectivity index (χ3n) is 2.05. The maximum atomic E-state index is 11.4. The topological polar surface area (TPSA) is 81.1 Å². The molecule has 0 aliphatic carbocycles. The van der Waals surface area contributed by atoms with Crippen LogP contribution in [0, 0.1) is 0 Å². The van der Waals surface area contributed by atoms with Crippen LogP contribution in [0.5, 0.6) is 0 Å². The van der Waals surface area contributed by atoms with Gasteiger partial charge < -0.3 is 16.8 Å². The first-order valence-electron chi connectivity index (χ1n) is 4.46. The lowest BCUT2D eigenvalue weighted by atomic mass is 10.1. The van der Waals surface area contributed by atoms with Crippen molar-refractivity contribution >= 4 is 51.7 Å². The molecule has 1 aromatic rings. The number of hydrogen-bond acceptors (Lipinski definition) is 5. The highest BCUT2D eigenvalue weighted by atomic mass is 32.2. The normalized spacial score (nSPS) is 17.9. The van der Waals surface area contributed by atoms with Gasteiger partial charge >= 0.3 is 0 Å². The number of benzene rings is 1. The average molecular weight is 251 g/mol. The Balaban J connectivity index is 2.32. The molecule has 0 aromatic heterocycles. The van der Waals surface area contributed by atoms with Gasteiger partial charge in [-0.2, -0.15) is 0 Å². The number of carbonyl (C=O) groups excluding carboxylic acids is 1. The van der Waals surface area contributed by atoms with E-state index in [-0.39, 0.29) is 5.91 Å². The number of anilines is 2. The minimum absolute atomic E-state index is 0.176. The molecule has 5 N–H and O–H groups in total. The molecule has 1 aliphatic heterocycles. The number of carbonyl (C=O) groups is 1. The molecule has 4 nitrogen and oxygen atoms in total. The Hall–Kier alpha value is -1.53. The van der Waals surface area contributed by atoms with E-state index in [1.165, 1.54) is 11.8 Å². The van der Waals surface area contributed by atoms with Crippen molar-refractivity contribution in [3.05, 3.63) is 28.7 Å². The number of nitrogens with one attached hydrogen (secondary N) is 1. The van der Waals surface area contributed by atoms with E-state index in [1.54, 1.807) is 24.3 Å². The zero-order valence-electron chi connectivity index (χ0n) is 8.19. The molecule has 0 radical (unpaired) electrons. The van der Waals surface area contributed by atoms with Gasteiger partial charge in [-0.25, -0.2) is 0 Å². The van der Waals surface area contributed by atoms with Gasteiger partial charge in [0.2, 0.25) is 0 Å². The monoisotopic (exact) mass is 251 g/mol. The summed E-state index contributed by atoms with van der Waals surface area (Å²) in [5, 5.41) is 2.54. The Kier molecular flexibility index (Phi) is 2.84. The summed E-state index contributed by atoms with van der Waals surface area (Å²) in [6.07, 6.45) is 1.73. The lowest BCUT2D eigenvalue weighted by Crippen LogP contribution is -2.17. The lowest BCUT2D eigenvalue weighted by Gasteiger charge is -2.01. The van der Waals surface area contributed by atoms with Gasteiger partial charge in [-0.3, -0.25) is 4.79 Å². The van der Waals surface area contributed by atoms with Crippen molar-refractivity contribution in [2.24, 2.45) is 0 Å². The van der Waals surface area contributed by atoms with Crippen LogP contribution in [0.4, 0.5) is 11.4 Å². The molecule has 1 heterocycles. The Morgan fingerprint density at radius 3 is 2.62 bits per heavy atom. The van der Waals surface area contributed by atoms with E-state index in [4.69, 9.17) is 23.7 Å². The second kappa shape index (κ2) is 4.15. The fourth-order valence-electron chi connectivity index (χ4n) is 1.26. The summed E-state index contributed by atoms with van der Waals surface area (Å²) < 4.78 is 0.472. The van der Waals surface area contributed by atoms with E-state index in [0.29, 0.717) is 20.6 Å². The molecule has 0 spiro atoms. The summed E-state index contributed by atoms with van der Waals surface area (Å²) in [5.41, 5.74) is 13.1. The van der Waals surface area contributed by atoms with Crippen LogP contribution in [-0.2, 0) is 4.79 Å². The second-order valence-corrected chi connectivity index (χ2v) is 4.96. The molecule has 2 rings (SSSR count). The molecule has 82 valence electrons. The fraction of sp³-hybridized carbons (Fsp3) is 0. The van der Waals surface area contributed by atoms with E-state index in [1.807, 2.05) is 0 Å². The molecule has 1 saturated heterocycles. The molecular weight excluding hydrogens is 242 g/mol. The predicted molar refractivity (Wildman–Crippen MR) is 71.6 cm³/mol. The van der Waals surface area contributed by atoms with Crippen molar-refractivity contribution in [2.75, 3.05) is 11.5 Å². The molecule has 1 aromatic carbocycles. The van der Waals surface area contributed by atoms with E-state index < -0.39 is 0 Å². The lowest BCUT2D eigenvalue weighted by molar-refractivity contribution is -0.115. The highest BCUT2D eigenvalue weighted by Crippen LogP contribution is 2.27. The van der Waals surface area contributed by atoms with Gasteiger partial charge in [0.1, 0.15) is 4.32 Å². The van der Waals surface area contributed by atoms with Crippen molar-refractivity contribution in [1.29, 1.82) is 0 Å². The van der Waals surface area contributed by atoms with Crippen molar-refractivity contribution in [2.45, 2.75) is 0 Å². The van der Waals surface area contributed by atoms with Gasteiger partial charge in [0.05, 0.1) is 16.3 Å². The third-order valence-corrected chi connectivity index (χ3v) is 3.21. The number of thioether (sulfide) groups is 1. The second-order valence-electron chi connectivity index (χ2n) is 3.24. The number of rotatable bonds is 1. The van der Waals surface area contributed by atoms with Crippen LogP contribution in [0.25, 0.3) is 6.08 Å². The van der Waals surface area contributed by atoms with Crippen molar-refractivity contribution in [1.82, 2.24) is 5.32 Å². The van der Waals surface area contributed by atoms with Crippen LogP contribution in [0.2, 0.25) is 0 Å². The first-order valence-corrected chi connectivity index (χ1v) is 5.68. The summed E-state index contributed by atoms with van der Waals surface area (Å²) in [5.74, 6) is -0.176. The SMILES string of the molecule is Nc1ccc(/C=C2\SC(=S)NC2=O)cc1N. The van der Waals surface area contributed by atoms with E-state index >= 15 is 0 Å². The van der Waals surface area contributed by atoms with Crippen LogP contribution in [0.3, 0.4) is 0 Å². The van der Waals surface area contributed by atoms with Gasteiger partial charge in [0, 0.05) is 0 Å². The van der Waals surface area contributed by atoms with Gasteiger partial charge in [-0.15, -0.1) is 0 Å². The van der Waals surface area contributed by atoms with Gasteiger partial charge in [-0.1, -0.05) is 30.0 Å². The Morgan fingerprint density at radius 2 is 2.06 bits per heavy atom. The molecule has 1 amide bonds. The Bertz CT molecular complexity index is 511. The highest BCUT2D eigenvalue weighted by Gasteiger charge is 2.21. The zero-order valence-corrected chi connectivity index (χ0v) is 9.82. The van der Waals surface area contributed by atoms with Crippen LogP contribution >= 0.6 is 24.0 Å². The van der Waals surface area contributed by atoms with Gasteiger partial charge in [-0.05, 0) is 23.8 Å². The number of nitrogen functional groups attached to an aromatic ring is 2. The molecule has 0 atom stereocenters. The standard InChI is InChI=1S/C10H9N3OS2/c11-6-2-1-5(3-7(6)12)4-8-9(14)13-10(15)16-8/h1-4H,11-12H2,(H,13,14,15)/b8-4-. The summed E-state index contributed by atoms with van der Waals surface area (Å²) in [7, 11) is 0. The maximum absolute atomic E-state index is 11.4. The molecule has 0 saturated carbocycles. The summed E-state index contributed by atoms with van der Waals surface area (Å²) in [6, 6.07) is 5.23. The first-order chi connectivity index (χ1) is 7.56. The summed E-state index contributed by atoms with van der Waals surface area (Å²) in [4.78, 5) is 12.0. The minimum Gasteiger partial charge on any atom is -0.397 e. The number of thiocarbonyl (C=S) groups is 1. The van der Waals surface area contributed by atoms with Crippen molar-refractivity contribution < 1.29 is 4.79 Å². The molecule has 0 bridgehead atoms. The Labute approximate surface area is 102 Å². The smallest absolute Gasteiger partial charge is 0.263 e. The van der Waals surface area contributed by atoms with Crippen LogP contribution < -0.4 is 16.8 Å². The van der Waals surface area contributed by atoms with E-state index in [9.17, 15) is 4.79 Å². The summed E-state index contributed by atoms with van der Waals surface area (Å²) in [6.45, 7) is 0. The third kappa shape index (κ3) is 2.17. The largest absolute Gasteiger partial charge is 0.397 e. The maximum Gasteiger partial charge on any atom is 0.263 e. The molecule has 6 heteroatoms. The van der Waals surface area contributed by atoms with E-state index in [2.05, 4.69) is 5.32 Å². The summed E-state index contributed by atoms with van der Waals surface area (Å²) >= 11 is 6.12. The van der Waals surface area contributed by atoms with Gasteiger partial charge in [0.15, 0.2) is 0 Å². The molecule has 16 heavy (non-hydrogen) atoms. The molecule has 0 unspecified atom stereocenters. The van der Waals surface area contributed by atoms with Crippen molar-refractivity contribution in [3.8, 4) is 0 Å².